The quantitative estimate of drug-likeness (QED) is 0.413. The molecule has 21 heavy (non-hydrogen) atoms. The van der Waals surface area contributed by atoms with Crippen LogP contribution in [0.1, 0.15) is 19.3 Å². The SMILES string of the molecule is O=CC1CCCCN1CC(=O)Nc1c(I)cc(I)cc1I. The molecule has 1 fully saturated rings. The Morgan fingerprint density at radius 2 is 1.95 bits per heavy atom. The summed E-state index contributed by atoms with van der Waals surface area (Å²) in [6.07, 6.45) is 3.94. The maximum absolute atomic E-state index is 12.3. The molecule has 1 heterocycles. The highest BCUT2D eigenvalue weighted by Gasteiger charge is 2.24. The number of nitrogens with zero attached hydrogens (tertiary/aromatic N) is 1. The molecule has 0 radical (unpaired) electrons. The van der Waals surface area contributed by atoms with Gasteiger partial charge in [0.2, 0.25) is 5.91 Å². The van der Waals surface area contributed by atoms with Crippen LogP contribution in [0.3, 0.4) is 0 Å². The zero-order valence-corrected chi connectivity index (χ0v) is 17.7. The van der Waals surface area contributed by atoms with Gasteiger partial charge in [-0.15, -0.1) is 0 Å². The van der Waals surface area contributed by atoms with Crippen LogP contribution >= 0.6 is 67.8 Å². The van der Waals surface area contributed by atoms with Gasteiger partial charge in [0.15, 0.2) is 0 Å². The van der Waals surface area contributed by atoms with Crippen molar-refractivity contribution in [1.29, 1.82) is 0 Å². The van der Waals surface area contributed by atoms with Gasteiger partial charge in [0.1, 0.15) is 6.29 Å². The summed E-state index contributed by atoms with van der Waals surface area (Å²) in [6.45, 7) is 1.10. The third kappa shape index (κ3) is 4.99. The lowest BCUT2D eigenvalue weighted by molar-refractivity contribution is -0.120. The fraction of sp³-hybridized carbons (Fsp3) is 0.429. The Morgan fingerprint density at radius 1 is 1.29 bits per heavy atom. The average Bonchev–Trinajstić information content (AvgIpc) is 2.43. The topological polar surface area (TPSA) is 49.4 Å². The average molecular weight is 624 g/mol. The predicted molar refractivity (Wildman–Crippen MR) is 108 cm³/mol. The molecule has 1 aliphatic heterocycles. The first-order valence-electron chi connectivity index (χ1n) is 6.65. The molecule has 1 aliphatic rings. The number of halogens is 3. The largest absolute Gasteiger partial charge is 0.323 e. The first kappa shape index (κ1) is 17.9. The molecule has 4 nitrogen and oxygen atoms in total. The van der Waals surface area contributed by atoms with E-state index in [0.29, 0.717) is 0 Å². The van der Waals surface area contributed by atoms with Crippen molar-refractivity contribution < 1.29 is 9.59 Å². The highest BCUT2D eigenvalue weighted by Crippen LogP contribution is 2.27. The van der Waals surface area contributed by atoms with Crippen LogP contribution in [-0.2, 0) is 9.59 Å². The van der Waals surface area contributed by atoms with E-state index in [1.807, 2.05) is 17.0 Å². The van der Waals surface area contributed by atoms with Crippen LogP contribution in [0.2, 0.25) is 0 Å². The number of aldehydes is 1. The highest BCUT2D eigenvalue weighted by molar-refractivity contribution is 14.1. The summed E-state index contributed by atoms with van der Waals surface area (Å²) < 4.78 is 3.21. The van der Waals surface area contributed by atoms with Gasteiger partial charge >= 0.3 is 0 Å². The van der Waals surface area contributed by atoms with Crippen molar-refractivity contribution in [3.05, 3.63) is 22.8 Å². The second-order valence-corrected chi connectivity index (χ2v) is 8.53. The van der Waals surface area contributed by atoms with E-state index < -0.39 is 0 Å². The number of benzene rings is 1. The maximum Gasteiger partial charge on any atom is 0.238 e. The zero-order chi connectivity index (χ0) is 15.4. The Kier molecular flexibility index (Phi) is 7.13. The third-order valence-electron chi connectivity index (χ3n) is 3.44. The first-order valence-corrected chi connectivity index (χ1v) is 9.88. The van der Waals surface area contributed by atoms with Gasteiger partial charge in [-0.25, -0.2) is 0 Å². The fourth-order valence-corrected chi connectivity index (χ4v) is 6.24. The van der Waals surface area contributed by atoms with Crippen LogP contribution in [0.4, 0.5) is 5.69 Å². The van der Waals surface area contributed by atoms with Crippen molar-refractivity contribution in [1.82, 2.24) is 4.90 Å². The van der Waals surface area contributed by atoms with Crippen LogP contribution < -0.4 is 5.32 Å². The number of anilines is 1. The van der Waals surface area contributed by atoms with Gasteiger partial charge in [-0.05, 0) is 99.3 Å². The minimum atomic E-state index is -0.112. The Labute approximate surface area is 165 Å². The number of likely N-dealkylation sites (tertiary alicyclic amines) is 1. The van der Waals surface area contributed by atoms with Gasteiger partial charge in [-0.1, -0.05) is 6.42 Å². The third-order valence-corrected chi connectivity index (χ3v) is 5.76. The minimum Gasteiger partial charge on any atom is -0.323 e. The van der Waals surface area contributed by atoms with Crippen LogP contribution in [0.5, 0.6) is 0 Å². The molecule has 2 rings (SSSR count). The molecule has 0 aromatic heterocycles. The molecule has 1 aromatic rings. The van der Waals surface area contributed by atoms with Gasteiger partial charge in [0.25, 0.3) is 0 Å². The minimum absolute atomic E-state index is 0.0548. The van der Waals surface area contributed by atoms with Crippen LogP contribution in [0, 0.1) is 10.7 Å². The molecule has 1 unspecified atom stereocenters. The predicted octanol–water partition coefficient (Wildman–Crippen LogP) is 3.49. The molecular weight excluding hydrogens is 609 g/mol. The van der Waals surface area contributed by atoms with E-state index in [-0.39, 0.29) is 18.5 Å². The van der Waals surface area contributed by atoms with Gasteiger partial charge in [0.05, 0.1) is 18.3 Å². The number of rotatable bonds is 4. The highest BCUT2D eigenvalue weighted by atomic mass is 127. The summed E-state index contributed by atoms with van der Waals surface area (Å²) in [6, 6.07) is 3.96. The van der Waals surface area contributed by atoms with Crippen LogP contribution in [0.15, 0.2) is 12.1 Å². The van der Waals surface area contributed by atoms with E-state index in [0.717, 1.165) is 48.5 Å². The van der Waals surface area contributed by atoms with Crippen LogP contribution in [0.25, 0.3) is 0 Å². The van der Waals surface area contributed by atoms with E-state index >= 15 is 0 Å². The normalized spacial score (nSPS) is 19.3. The first-order chi connectivity index (χ1) is 10.0. The number of nitrogens with one attached hydrogen (secondary N) is 1. The summed E-state index contributed by atoms with van der Waals surface area (Å²) in [4.78, 5) is 25.3. The van der Waals surface area contributed by atoms with E-state index in [2.05, 4.69) is 73.1 Å². The second kappa shape index (κ2) is 8.39. The van der Waals surface area contributed by atoms with Gasteiger partial charge < -0.3 is 10.1 Å². The molecule has 114 valence electrons. The molecule has 0 spiro atoms. The molecule has 1 amide bonds. The van der Waals surface area contributed by atoms with E-state index in [1.165, 1.54) is 0 Å². The molecular formula is C14H15I3N2O2. The molecule has 7 heteroatoms. The van der Waals surface area contributed by atoms with Crippen molar-refractivity contribution in [2.45, 2.75) is 25.3 Å². The Balaban J connectivity index is 2.03. The monoisotopic (exact) mass is 624 g/mol. The number of piperidine rings is 1. The van der Waals surface area contributed by atoms with Gasteiger partial charge in [-0.3, -0.25) is 9.69 Å². The number of hydrogen-bond donors (Lipinski definition) is 1. The summed E-state index contributed by atoms with van der Waals surface area (Å²) in [5.41, 5.74) is 0.862. The molecule has 0 bridgehead atoms. The summed E-state index contributed by atoms with van der Waals surface area (Å²) in [5.74, 6) is -0.0548. The molecule has 1 atom stereocenters. The van der Waals surface area contributed by atoms with Crippen molar-refractivity contribution in [2.75, 3.05) is 18.4 Å². The summed E-state index contributed by atoms with van der Waals surface area (Å²) in [7, 11) is 0. The Morgan fingerprint density at radius 3 is 2.57 bits per heavy atom. The number of hydrogen-bond acceptors (Lipinski definition) is 3. The summed E-state index contributed by atoms with van der Waals surface area (Å²) in [5, 5.41) is 2.98. The lowest BCUT2D eigenvalue weighted by Crippen LogP contribution is -2.44. The van der Waals surface area contributed by atoms with E-state index in [1.54, 1.807) is 0 Å². The molecule has 1 N–H and O–H groups in total. The maximum atomic E-state index is 12.3. The van der Waals surface area contributed by atoms with Crippen molar-refractivity contribution in [3.8, 4) is 0 Å². The second-order valence-electron chi connectivity index (χ2n) is 4.96. The van der Waals surface area contributed by atoms with E-state index in [9.17, 15) is 9.59 Å². The number of carbonyl (C=O) groups is 2. The van der Waals surface area contributed by atoms with Crippen molar-refractivity contribution in [2.24, 2.45) is 0 Å². The van der Waals surface area contributed by atoms with Gasteiger partial charge in [-0.2, -0.15) is 0 Å². The lowest BCUT2D eigenvalue weighted by atomic mass is 10.0. The van der Waals surface area contributed by atoms with Gasteiger partial charge in [0, 0.05) is 10.7 Å². The number of amides is 1. The van der Waals surface area contributed by atoms with Crippen molar-refractivity contribution >= 4 is 85.7 Å². The molecule has 0 saturated carbocycles. The van der Waals surface area contributed by atoms with Crippen molar-refractivity contribution in [3.63, 3.8) is 0 Å². The smallest absolute Gasteiger partial charge is 0.238 e. The summed E-state index contributed by atoms with van der Waals surface area (Å²) >= 11 is 6.73. The molecule has 0 aliphatic carbocycles. The lowest BCUT2D eigenvalue weighted by Gasteiger charge is -2.31. The Hall–Kier alpha value is 0.510. The van der Waals surface area contributed by atoms with E-state index in [4.69, 9.17) is 0 Å². The number of carbonyl (C=O) groups excluding carboxylic acids is 2. The zero-order valence-electron chi connectivity index (χ0n) is 11.2. The standard InChI is InChI=1S/C14H15I3N2O2/c15-9-5-11(16)14(12(17)6-9)18-13(21)7-19-4-2-1-3-10(19)8-20/h5-6,8,10H,1-4,7H2,(H,18,21). The van der Waals surface area contributed by atoms with Crippen LogP contribution in [-0.4, -0.2) is 36.2 Å². The molecule has 1 saturated heterocycles. The fourth-order valence-electron chi connectivity index (χ4n) is 2.39. The Bertz CT molecular complexity index is 528. The molecule has 1 aromatic carbocycles.